The van der Waals surface area contributed by atoms with Gasteiger partial charge in [0.2, 0.25) is 0 Å². The molecular formula is C18H35O5P. The summed E-state index contributed by atoms with van der Waals surface area (Å²) in [5.41, 5.74) is 0. The van der Waals surface area contributed by atoms with Crippen molar-refractivity contribution in [3.8, 4) is 0 Å². The highest BCUT2D eigenvalue weighted by Crippen LogP contribution is 2.25. The molecule has 0 spiro atoms. The minimum atomic E-state index is -2.56. The Morgan fingerprint density at radius 2 is 1.67 bits per heavy atom. The molecular weight excluding hydrogens is 327 g/mol. The van der Waals surface area contributed by atoms with Gasteiger partial charge in [0.05, 0.1) is 6.10 Å². The average molecular weight is 362 g/mol. The third kappa shape index (κ3) is 17.9. The number of carbonyl (C=O) groups is 1. The van der Waals surface area contributed by atoms with Crippen LogP contribution >= 0.6 is 8.60 Å². The van der Waals surface area contributed by atoms with Crippen molar-refractivity contribution in [2.45, 2.75) is 96.5 Å². The molecule has 0 aliphatic rings. The van der Waals surface area contributed by atoms with Crippen LogP contribution in [-0.2, 0) is 9.32 Å². The summed E-state index contributed by atoms with van der Waals surface area (Å²) in [6.07, 6.45) is 16.8. The predicted octanol–water partition coefficient (Wildman–Crippen LogP) is 4.75. The summed E-state index contributed by atoms with van der Waals surface area (Å²) in [5, 5.41) is 9.83. The Hall–Kier alpha value is -0.480. The van der Waals surface area contributed by atoms with E-state index in [0.29, 0.717) is 0 Å². The van der Waals surface area contributed by atoms with Crippen molar-refractivity contribution >= 4 is 14.6 Å². The number of hydrogen-bond donors (Lipinski definition) is 3. The quantitative estimate of drug-likeness (QED) is 0.209. The lowest BCUT2D eigenvalue weighted by atomic mass is 10.1. The standard InChI is InChI=1S/C18H35O5P/c1-2-3-4-11-14-17(19)15-12-9-7-5-6-8-10-13-16-18(20)23-24(21)22/h9,12,17,19,21-22H,2-8,10-11,13-16H2,1H3/b12-9-/t17-/m1/s1. The molecule has 0 aliphatic carbocycles. The van der Waals surface area contributed by atoms with Gasteiger partial charge in [-0.2, -0.15) is 0 Å². The Bertz CT molecular complexity index is 321. The molecule has 0 fully saturated rings. The molecule has 0 heterocycles. The molecule has 0 saturated carbocycles. The van der Waals surface area contributed by atoms with Gasteiger partial charge in [-0.25, -0.2) is 0 Å². The fourth-order valence-corrected chi connectivity index (χ4v) is 2.77. The van der Waals surface area contributed by atoms with Crippen molar-refractivity contribution in [2.24, 2.45) is 0 Å². The van der Waals surface area contributed by atoms with E-state index in [4.69, 9.17) is 9.79 Å². The van der Waals surface area contributed by atoms with Crippen LogP contribution in [-0.4, -0.2) is 27.0 Å². The molecule has 1 atom stereocenters. The average Bonchev–Trinajstić information content (AvgIpc) is 2.52. The molecule has 0 rings (SSSR count). The summed E-state index contributed by atoms with van der Waals surface area (Å²) in [5.74, 6) is -0.540. The normalized spacial score (nSPS) is 12.9. The Balaban J connectivity index is 3.33. The lowest BCUT2D eigenvalue weighted by Crippen LogP contribution is -2.04. The molecule has 3 N–H and O–H groups in total. The van der Waals surface area contributed by atoms with Crippen LogP contribution in [0.15, 0.2) is 12.2 Å². The number of rotatable bonds is 16. The van der Waals surface area contributed by atoms with Crippen LogP contribution < -0.4 is 0 Å². The molecule has 0 aromatic rings. The van der Waals surface area contributed by atoms with Gasteiger partial charge in [0.1, 0.15) is 0 Å². The van der Waals surface area contributed by atoms with Crippen LogP contribution in [0, 0.1) is 0 Å². The lowest BCUT2D eigenvalue weighted by molar-refractivity contribution is -0.134. The van der Waals surface area contributed by atoms with E-state index in [1.807, 2.05) is 0 Å². The molecule has 5 nitrogen and oxygen atoms in total. The highest BCUT2D eigenvalue weighted by atomic mass is 31.2. The van der Waals surface area contributed by atoms with Gasteiger partial charge in [-0.05, 0) is 32.1 Å². The second-order valence-electron chi connectivity index (χ2n) is 6.23. The predicted molar refractivity (Wildman–Crippen MR) is 98.3 cm³/mol. The molecule has 6 heteroatoms. The number of allylic oxidation sites excluding steroid dienone is 1. The van der Waals surface area contributed by atoms with Gasteiger partial charge in [-0.1, -0.05) is 64.0 Å². The summed E-state index contributed by atoms with van der Waals surface area (Å²) >= 11 is 0. The summed E-state index contributed by atoms with van der Waals surface area (Å²) < 4.78 is 4.29. The first-order valence-corrected chi connectivity index (χ1v) is 10.4. The number of hydrogen-bond acceptors (Lipinski definition) is 5. The third-order valence-corrected chi connectivity index (χ3v) is 4.27. The van der Waals surface area contributed by atoms with Crippen molar-refractivity contribution in [1.29, 1.82) is 0 Å². The van der Waals surface area contributed by atoms with E-state index in [1.54, 1.807) is 0 Å². The Morgan fingerprint density at radius 3 is 2.38 bits per heavy atom. The second-order valence-corrected chi connectivity index (χ2v) is 6.92. The number of aliphatic hydroxyl groups is 1. The molecule has 24 heavy (non-hydrogen) atoms. The summed E-state index contributed by atoms with van der Waals surface area (Å²) in [6.45, 7) is 2.19. The molecule has 0 aromatic heterocycles. The molecule has 0 aliphatic heterocycles. The van der Waals surface area contributed by atoms with Crippen molar-refractivity contribution in [1.82, 2.24) is 0 Å². The van der Waals surface area contributed by atoms with Crippen molar-refractivity contribution in [3.05, 3.63) is 12.2 Å². The number of carbonyl (C=O) groups excluding carboxylic acids is 1. The maximum absolute atomic E-state index is 11.1. The Kier molecular flexibility index (Phi) is 17.0. The molecule has 0 radical (unpaired) electrons. The van der Waals surface area contributed by atoms with Gasteiger partial charge >= 0.3 is 14.6 Å². The molecule has 142 valence electrons. The van der Waals surface area contributed by atoms with Crippen LogP contribution in [0.2, 0.25) is 0 Å². The second kappa shape index (κ2) is 17.3. The fraction of sp³-hybridized carbons (Fsp3) is 0.833. The van der Waals surface area contributed by atoms with E-state index in [2.05, 4.69) is 23.6 Å². The maximum atomic E-state index is 11.1. The lowest BCUT2D eigenvalue weighted by Gasteiger charge is -2.07. The minimum absolute atomic E-state index is 0.197. The zero-order valence-corrected chi connectivity index (χ0v) is 15.9. The van der Waals surface area contributed by atoms with Gasteiger partial charge < -0.3 is 19.4 Å². The third-order valence-electron chi connectivity index (χ3n) is 3.90. The molecule has 0 bridgehead atoms. The number of aliphatic hydroxyl groups excluding tert-OH is 1. The summed E-state index contributed by atoms with van der Waals surface area (Å²) in [7, 11) is -2.56. The summed E-state index contributed by atoms with van der Waals surface area (Å²) in [4.78, 5) is 28.1. The van der Waals surface area contributed by atoms with E-state index < -0.39 is 14.6 Å². The first-order valence-electron chi connectivity index (χ1n) is 9.28. The number of unbranched alkanes of at least 4 members (excludes halogenated alkanes) is 8. The Morgan fingerprint density at radius 1 is 1.00 bits per heavy atom. The smallest absolute Gasteiger partial charge is 0.393 e. The molecule has 0 amide bonds. The zero-order valence-electron chi connectivity index (χ0n) is 15.0. The van der Waals surface area contributed by atoms with Crippen LogP contribution in [0.5, 0.6) is 0 Å². The van der Waals surface area contributed by atoms with Gasteiger partial charge in [0.25, 0.3) is 0 Å². The zero-order chi connectivity index (χ0) is 18.0. The highest BCUT2D eigenvalue weighted by Gasteiger charge is 2.08. The van der Waals surface area contributed by atoms with E-state index in [1.165, 1.54) is 19.3 Å². The van der Waals surface area contributed by atoms with Crippen LogP contribution in [0.3, 0.4) is 0 Å². The fourth-order valence-electron chi connectivity index (χ4n) is 2.49. The van der Waals surface area contributed by atoms with Crippen molar-refractivity contribution < 1.29 is 24.2 Å². The van der Waals surface area contributed by atoms with Crippen LogP contribution in [0.25, 0.3) is 0 Å². The van der Waals surface area contributed by atoms with E-state index in [-0.39, 0.29) is 12.5 Å². The van der Waals surface area contributed by atoms with E-state index in [9.17, 15) is 9.90 Å². The van der Waals surface area contributed by atoms with Gasteiger partial charge in [0.15, 0.2) is 0 Å². The van der Waals surface area contributed by atoms with Crippen LogP contribution in [0.4, 0.5) is 0 Å². The van der Waals surface area contributed by atoms with E-state index in [0.717, 1.165) is 57.8 Å². The van der Waals surface area contributed by atoms with Crippen molar-refractivity contribution in [3.63, 3.8) is 0 Å². The maximum Gasteiger partial charge on any atom is 0.393 e. The topological polar surface area (TPSA) is 87.0 Å². The van der Waals surface area contributed by atoms with Gasteiger partial charge in [0, 0.05) is 6.42 Å². The first kappa shape index (κ1) is 23.5. The first-order chi connectivity index (χ1) is 11.6. The van der Waals surface area contributed by atoms with Gasteiger partial charge in [-0.3, -0.25) is 4.79 Å². The minimum Gasteiger partial charge on any atom is -0.394 e. The van der Waals surface area contributed by atoms with E-state index >= 15 is 0 Å². The SMILES string of the molecule is CCCCCC[C@@H](O)C/C=C\CCCCCCCC(=O)OP(O)O. The largest absolute Gasteiger partial charge is 0.394 e. The van der Waals surface area contributed by atoms with Gasteiger partial charge in [-0.15, -0.1) is 0 Å². The highest BCUT2D eigenvalue weighted by molar-refractivity contribution is 7.40. The molecule has 0 aromatic carbocycles. The van der Waals surface area contributed by atoms with Crippen molar-refractivity contribution in [2.75, 3.05) is 0 Å². The van der Waals surface area contributed by atoms with Crippen LogP contribution in [0.1, 0.15) is 90.4 Å². The Labute approximate surface area is 148 Å². The monoisotopic (exact) mass is 362 g/mol. The molecule has 0 saturated heterocycles. The summed E-state index contributed by atoms with van der Waals surface area (Å²) in [6, 6.07) is 0. The molecule has 0 unspecified atom stereocenters.